The lowest BCUT2D eigenvalue weighted by atomic mass is 10.1. The van der Waals surface area contributed by atoms with Crippen molar-refractivity contribution in [2.45, 2.75) is 4.90 Å². The number of nitrogens with zero attached hydrogens (tertiary/aromatic N) is 3. The van der Waals surface area contributed by atoms with Gasteiger partial charge in [0.2, 0.25) is 0 Å². The quantitative estimate of drug-likeness (QED) is 0.251. The highest BCUT2D eigenvalue weighted by Crippen LogP contribution is 2.33. The number of hydrogen-bond acceptors (Lipinski definition) is 8. The number of ether oxygens (including phenoxy) is 2. The number of sulfonamides is 1. The van der Waals surface area contributed by atoms with Crippen molar-refractivity contribution in [1.82, 2.24) is 9.97 Å². The standard InChI is InChI=1S/C32H29N5O5S/c1-41-31-12-5-4-11-27(31)36-43(39,40)22-13-14-30(37-16-18-42-19-17-37)29(20-22)35-32(38)24-21-28(26-10-6-7-15-33-26)34-25-9-3-2-8-23(24)25/h2-15,20-21,36H,16-19H2,1H3,(H,35,38). The van der Waals surface area contributed by atoms with Crippen molar-refractivity contribution in [3.8, 4) is 17.1 Å². The summed E-state index contributed by atoms with van der Waals surface area (Å²) in [4.78, 5) is 25.2. The summed E-state index contributed by atoms with van der Waals surface area (Å²) < 4.78 is 40.5. The normalized spacial score (nSPS) is 13.5. The van der Waals surface area contributed by atoms with Crippen LogP contribution in [0.4, 0.5) is 17.1 Å². The van der Waals surface area contributed by atoms with Crippen molar-refractivity contribution in [2.75, 3.05) is 48.4 Å². The van der Waals surface area contributed by atoms with Crippen LogP contribution < -0.4 is 19.7 Å². The van der Waals surface area contributed by atoms with Crippen LogP contribution in [-0.4, -0.2) is 57.7 Å². The lowest BCUT2D eigenvalue weighted by molar-refractivity contribution is 0.102. The van der Waals surface area contributed by atoms with Crippen LogP contribution in [0.15, 0.2) is 102 Å². The van der Waals surface area contributed by atoms with Crippen molar-refractivity contribution in [2.24, 2.45) is 0 Å². The zero-order valence-corrected chi connectivity index (χ0v) is 24.2. The first-order valence-electron chi connectivity index (χ1n) is 13.7. The van der Waals surface area contributed by atoms with E-state index in [0.29, 0.717) is 77.0 Å². The summed E-state index contributed by atoms with van der Waals surface area (Å²) >= 11 is 0. The molecule has 43 heavy (non-hydrogen) atoms. The van der Waals surface area contributed by atoms with E-state index in [1.54, 1.807) is 42.6 Å². The van der Waals surface area contributed by atoms with Crippen molar-refractivity contribution in [3.05, 3.63) is 103 Å². The fraction of sp³-hybridized carbons (Fsp3) is 0.156. The number of carbonyl (C=O) groups excluding carboxylic acids is 1. The topological polar surface area (TPSA) is 123 Å². The van der Waals surface area contributed by atoms with Gasteiger partial charge in [0.1, 0.15) is 5.75 Å². The van der Waals surface area contributed by atoms with Crippen LogP contribution >= 0.6 is 0 Å². The van der Waals surface area contributed by atoms with Crippen LogP contribution in [0.3, 0.4) is 0 Å². The highest BCUT2D eigenvalue weighted by atomic mass is 32.2. The van der Waals surface area contributed by atoms with Crippen molar-refractivity contribution in [3.63, 3.8) is 0 Å². The maximum Gasteiger partial charge on any atom is 0.262 e. The Balaban J connectivity index is 1.41. The summed E-state index contributed by atoms with van der Waals surface area (Å²) in [5, 5.41) is 3.67. The predicted octanol–water partition coefficient (Wildman–Crippen LogP) is 5.20. The molecule has 3 heterocycles. The fourth-order valence-electron chi connectivity index (χ4n) is 4.99. The Kier molecular flexibility index (Phi) is 7.91. The number of morpholine rings is 1. The second-order valence-corrected chi connectivity index (χ2v) is 11.5. The molecule has 10 nitrogen and oxygen atoms in total. The van der Waals surface area contributed by atoms with Gasteiger partial charge in [0, 0.05) is 24.7 Å². The van der Waals surface area contributed by atoms with Crippen LogP contribution in [0.2, 0.25) is 0 Å². The van der Waals surface area contributed by atoms with Gasteiger partial charge in [0.25, 0.3) is 15.9 Å². The summed E-state index contributed by atoms with van der Waals surface area (Å²) in [5.41, 5.74) is 3.56. The highest BCUT2D eigenvalue weighted by Gasteiger charge is 2.23. The minimum absolute atomic E-state index is 0.0144. The third-order valence-corrected chi connectivity index (χ3v) is 8.48. The molecule has 6 rings (SSSR count). The van der Waals surface area contributed by atoms with Crippen molar-refractivity contribution in [1.29, 1.82) is 0 Å². The van der Waals surface area contributed by atoms with Gasteiger partial charge >= 0.3 is 0 Å². The minimum atomic E-state index is -4.04. The Labute approximate surface area is 249 Å². The number of amides is 1. The zero-order chi connectivity index (χ0) is 29.8. The number of anilines is 3. The molecule has 1 saturated heterocycles. The maximum atomic E-state index is 14.0. The van der Waals surface area contributed by atoms with Gasteiger partial charge in [-0.05, 0) is 54.6 Å². The summed E-state index contributed by atoms with van der Waals surface area (Å²) in [7, 11) is -2.56. The van der Waals surface area contributed by atoms with Crippen LogP contribution in [0.25, 0.3) is 22.3 Å². The van der Waals surface area contributed by atoms with Gasteiger partial charge in [-0.25, -0.2) is 13.4 Å². The molecule has 218 valence electrons. The van der Waals surface area contributed by atoms with E-state index in [9.17, 15) is 13.2 Å². The van der Waals surface area contributed by atoms with Gasteiger partial charge in [0.05, 0.1) is 64.7 Å². The largest absolute Gasteiger partial charge is 0.495 e. The molecule has 2 aromatic heterocycles. The molecular weight excluding hydrogens is 566 g/mol. The maximum absolute atomic E-state index is 14.0. The molecule has 0 unspecified atom stereocenters. The second kappa shape index (κ2) is 12.1. The molecule has 0 atom stereocenters. The van der Waals surface area contributed by atoms with Crippen molar-refractivity contribution < 1.29 is 22.7 Å². The third-order valence-electron chi connectivity index (χ3n) is 7.12. The van der Waals surface area contributed by atoms with E-state index in [4.69, 9.17) is 14.5 Å². The Hall–Kier alpha value is -5.00. The van der Waals surface area contributed by atoms with Crippen molar-refractivity contribution >= 4 is 43.9 Å². The summed E-state index contributed by atoms with van der Waals surface area (Å²) in [6, 6.07) is 26.1. The molecule has 2 N–H and O–H groups in total. The van der Waals surface area contributed by atoms with Gasteiger partial charge in [-0.3, -0.25) is 14.5 Å². The summed E-state index contributed by atoms with van der Waals surface area (Å²) in [5.74, 6) is -0.0182. The molecule has 0 bridgehead atoms. The second-order valence-electron chi connectivity index (χ2n) is 9.83. The first-order valence-corrected chi connectivity index (χ1v) is 15.2. The van der Waals surface area contributed by atoms with E-state index in [1.165, 1.54) is 19.2 Å². The molecule has 1 aliphatic heterocycles. The summed E-state index contributed by atoms with van der Waals surface area (Å²) in [6.45, 7) is 2.23. The van der Waals surface area contributed by atoms with E-state index in [1.807, 2.05) is 42.5 Å². The first-order chi connectivity index (χ1) is 20.9. The molecule has 11 heteroatoms. The molecule has 1 aliphatic rings. The molecule has 1 amide bonds. The average molecular weight is 596 g/mol. The number of aromatic nitrogens is 2. The summed E-state index contributed by atoms with van der Waals surface area (Å²) in [6.07, 6.45) is 1.67. The Morgan fingerprint density at radius 3 is 2.44 bits per heavy atom. The molecule has 0 saturated carbocycles. The first kappa shape index (κ1) is 28.1. The van der Waals surface area contributed by atoms with E-state index in [2.05, 4.69) is 19.9 Å². The fourth-order valence-corrected chi connectivity index (χ4v) is 6.09. The van der Waals surface area contributed by atoms with Crippen LogP contribution in [0, 0.1) is 0 Å². The number of nitrogens with one attached hydrogen (secondary N) is 2. The lowest BCUT2D eigenvalue weighted by Crippen LogP contribution is -2.36. The van der Waals surface area contributed by atoms with Gasteiger partial charge < -0.3 is 19.7 Å². The minimum Gasteiger partial charge on any atom is -0.495 e. The number of rotatable bonds is 8. The highest BCUT2D eigenvalue weighted by molar-refractivity contribution is 7.92. The van der Waals surface area contributed by atoms with Crippen LogP contribution in [-0.2, 0) is 14.8 Å². The van der Waals surface area contributed by atoms with E-state index in [-0.39, 0.29) is 4.90 Å². The Morgan fingerprint density at radius 2 is 1.65 bits per heavy atom. The number of carbonyl (C=O) groups is 1. The van der Waals surface area contributed by atoms with E-state index in [0.717, 1.165) is 0 Å². The van der Waals surface area contributed by atoms with Gasteiger partial charge in [-0.2, -0.15) is 0 Å². The molecule has 0 aliphatic carbocycles. The number of methoxy groups -OCH3 is 1. The number of hydrogen-bond donors (Lipinski definition) is 2. The SMILES string of the molecule is COc1ccccc1NS(=O)(=O)c1ccc(N2CCOCC2)c(NC(=O)c2cc(-c3ccccn3)nc3ccccc23)c1. The molecule has 5 aromatic rings. The molecule has 1 fully saturated rings. The molecule has 3 aromatic carbocycles. The lowest BCUT2D eigenvalue weighted by Gasteiger charge is -2.31. The number of benzene rings is 3. The van der Waals surface area contributed by atoms with Crippen LogP contribution in [0.1, 0.15) is 10.4 Å². The molecular formula is C32H29N5O5S. The third kappa shape index (κ3) is 5.99. The van der Waals surface area contributed by atoms with E-state index >= 15 is 0 Å². The van der Waals surface area contributed by atoms with Gasteiger partial charge in [-0.1, -0.05) is 36.4 Å². The van der Waals surface area contributed by atoms with Gasteiger partial charge in [0.15, 0.2) is 0 Å². The van der Waals surface area contributed by atoms with E-state index < -0.39 is 15.9 Å². The Morgan fingerprint density at radius 1 is 0.884 bits per heavy atom. The van der Waals surface area contributed by atoms with Gasteiger partial charge in [-0.15, -0.1) is 0 Å². The number of pyridine rings is 2. The number of para-hydroxylation sites is 3. The average Bonchev–Trinajstić information content (AvgIpc) is 3.05. The zero-order valence-electron chi connectivity index (χ0n) is 23.4. The molecule has 0 radical (unpaired) electrons. The number of fused-ring (bicyclic) bond motifs is 1. The predicted molar refractivity (Wildman–Crippen MR) is 166 cm³/mol. The monoisotopic (exact) mass is 595 g/mol. The Bertz CT molecular complexity index is 1890. The molecule has 0 spiro atoms. The van der Waals surface area contributed by atoms with Crippen LogP contribution in [0.5, 0.6) is 5.75 Å². The smallest absolute Gasteiger partial charge is 0.262 e.